The van der Waals surface area contributed by atoms with E-state index in [1.807, 2.05) is 30.3 Å². The molecule has 0 unspecified atom stereocenters. The summed E-state index contributed by atoms with van der Waals surface area (Å²) >= 11 is 0. The number of hydrogen-bond donors (Lipinski definition) is 2. The summed E-state index contributed by atoms with van der Waals surface area (Å²) in [5, 5.41) is 4.59. The summed E-state index contributed by atoms with van der Waals surface area (Å²) < 4.78 is 16.4. The summed E-state index contributed by atoms with van der Waals surface area (Å²) in [6, 6.07) is 13.5. The van der Waals surface area contributed by atoms with Crippen LogP contribution >= 0.6 is 0 Å². The topological polar surface area (TPSA) is 72.6 Å². The average molecular weight is 364 g/mol. The molecule has 2 aliphatic rings. The molecule has 0 amide bonds. The van der Waals surface area contributed by atoms with Crippen molar-refractivity contribution in [2.24, 2.45) is 0 Å². The van der Waals surface area contributed by atoms with Crippen LogP contribution in [0.15, 0.2) is 42.5 Å². The number of fused-ring (bicyclic) bond motifs is 4. The summed E-state index contributed by atoms with van der Waals surface area (Å²) in [7, 11) is 1.42. The van der Waals surface area contributed by atoms with Crippen LogP contribution in [0.2, 0.25) is 0 Å². The summed E-state index contributed by atoms with van der Waals surface area (Å²) in [5.74, 6) is 1.23. The van der Waals surface area contributed by atoms with E-state index in [0.717, 1.165) is 39.2 Å². The Kier molecular flexibility index (Phi) is 3.79. The zero-order valence-corrected chi connectivity index (χ0v) is 15.0. The molecule has 2 atom stereocenters. The van der Waals surface area contributed by atoms with Gasteiger partial charge in [-0.2, -0.15) is 0 Å². The minimum absolute atomic E-state index is 0.166. The van der Waals surface area contributed by atoms with E-state index in [2.05, 4.69) is 22.4 Å². The van der Waals surface area contributed by atoms with Crippen molar-refractivity contribution in [2.75, 3.05) is 20.3 Å². The Morgan fingerprint density at radius 2 is 1.93 bits per heavy atom. The zero-order valence-electron chi connectivity index (χ0n) is 15.0. The Balaban J connectivity index is 1.64. The van der Waals surface area contributed by atoms with Gasteiger partial charge in [0.05, 0.1) is 13.2 Å². The lowest BCUT2D eigenvalue weighted by Gasteiger charge is -2.31. The lowest BCUT2D eigenvalue weighted by Crippen LogP contribution is -2.45. The first-order chi connectivity index (χ1) is 13.2. The highest BCUT2D eigenvalue weighted by molar-refractivity contribution is 5.87. The van der Waals surface area contributed by atoms with Gasteiger partial charge in [0.2, 0.25) is 0 Å². The van der Waals surface area contributed by atoms with Crippen molar-refractivity contribution in [2.45, 2.75) is 18.5 Å². The first-order valence-electron chi connectivity index (χ1n) is 9.07. The van der Waals surface area contributed by atoms with Crippen molar-refractivity contribution in [3.05, 3.63) is 59.3 Å². The Hall–Kier alpha value is -2.99. The van der Waals surface area contributed by atoms with Crippen LogP contribution < -0.4 is 14.8 Å². The number of H-pyrrole nitrogens is 1. The van der Waals surface area contributed by atoms with Crippen molar-refractivity contribution >= 4 is 16.9 Å². The van der Waals surface area contributed by atoms with Crippen molar-refractivity contribution in [1.82, 2.24) is 10.3 Å². The summed E-state index contributed by atoms with van der Waals surface area (Å²) in [6.07, 6.45) is 0.590. The third-order valence-electron chi connectivity index (χ3n) is 5.30. The highest BCUT2D eigenvalue weighted by Gasteiger charge is 2.34. The van der Waals surface area contributed by atoms with Crippen LogP contribution in [0.25, 0.3) is 10.9 Å². The summed E-state index contributed by atoms with van der Waals surface area (Å²) in [5.41, 5.74) is 4.31. The number of benzene rings is 2. The molecule has 0 fully saturated rings. The first-order valence-corrected chi connectivity index (χ1v) is 9.07. The van der Waals surface area contributed by atoms with Crippen LogP contribution in [0, 0.1) is 0 Å². The number of aromatic amines is 1. The highest BCUT2D eigenvalue weighted by Crippen LogP contribution is 2.39. The van der Waals surface area contributed by atoms with Gasteiger partial charge in [-0.05, 0) is 29.3 Å². The van der Waals surface area contributed by atoms with Gasteiger partial charge in [0.15, 0.2) is 11.5 Å². The largest absolute Gasteiger partial charge is 0.486 e. The van der Waals surface area contributed by atoms with Crippen molar-refractivity contribution < 1.29 is 19.0 Å². The van der Waals surface area contributed by atoms with Gasteiger partial charge >= 0.3 is 5.97 Å². The molecule has 0 spiro atoms. The van der Waals surface area contributed by atoms with Crippen LogP contribution in [-0.2, 0) is 16.0 Å². The minimum Gasteiger partial charge on any atom is -0.486 e. The Labute approximate surface area is 156 Å². The lowest BCUT2D eigenvalue weighted by atomic mass is 9.90. The Bertz CT molecular complexity index is 1030. The number of rotatable bonds is 2. The third kappa shape index (κ3) is 2.64. The van der Waals surface area contributed by atoms with Crippen LogP contribution in [0.1, 0.15) is 22.9 Å². The van der Waals surface area contributed by atoms with E-state index in [0.29, 0.717) is 19.6 Å². The molecule has 2 aliphatic heterocycles. The fourth-order valence-corrected chi connectivity index (χ4v) is 4.03. The van der Waals surface area contributed by atoms with Gasteiger partial charge in [0.1, 0.15) is 19.3 Å². The van der Waals surface area contributed by atoms with Gasteiger partial charge in [-0.3, -0.25) is 10.1 Å². The van der Waals surface area contributed by atoms with Crippen molar-refractivity contribution in [1.29, 1.82) is 0 Å². The monoisotopic (exact) mass is 364 g/mol. The second-order valence-corrected chi connectivity index (χ2v) is 6.85. The molecule has 2 aromatic carbocycles. The molecule has 0 saturated heterocycles. The molecule has 138 valence electrons. The molecule has 6 heteroatoms. The van der Waals surface area contributed by atoms with Crippen LogP contribution in [0.4, 0.5) is 0 Å². The number of carbonyl (C=O) groups excluding carboxylic acids is 1. The third-order valence-corrected chi connectivity index (χ3v) is 5.30. The zero-order chi connectivity index (χ0) is 18.4. The maximum atomic E-state index is 12.3. The normalized spacial score (nSPS) is 20.9. The van der Waals surface area contributed by atoms with E-state index in [1.165, 1.54) is 7.11 Å². The molecule has 6 nitrogen and oxygen atoms in total. The molecule has 0 saturated carbocycles. The lowest BCUT2D eigenvalue weighted by molar-refractivity contribution is -0.143. The number of nitrogens with one attached hydrogen (secondary N) is 2. The number of ether oxygens (including phenoxy) is 3. The van der Waals surface area contributed by atoms with Gasteiger partial charge in [0, 0.05) is 23.0 Å². The predicted molar refractivity (Wildman–Crippen MR) is 100 cm³/mol. The van der Waals surface area contributed by atoms with E-state index < -0.39 is 6.04 Å². The van der Waals surface area contributed by atoms with E-state index in [1.54, 1.807) is 0 Å². The molecule has 3 aromatic rings. The van der Waals surface area contributed by atoms with Crippen LogP contribution in [0.3, 0.4) is 0 Å². The van der Waals surface area contributed by atoms with E-state index in [4.69, 9.17) is 14.2 Å². The van der Waals surface area contributed by atoms with Gasteiger partial charge < -0.3 is 19.2 Å². The minimum atomic E-state index is -0.403. The molecule has 1 aromatic heterocycles. The molecular formula is C21H20N2O4. The van der Waals surface area contributed by atoms with E-state index in [-0.39, 0.29) is 12.0 Å². The molecule has 0 radical (unpaired) electrons. The maximum absolute atomic E-state index is 12.3. The molecule has 0 bridgehead atoms. The summed E-state index contributed by atoms with van der Waals surface area (Å²) in [4.78, 5) is 15.8. The molecular weight excluding hydrogens is 344 g/mol. The van der Waals surface area contributed by atoms with Crippen molar-refractivity contribution in [3.8, 4) is 11.5 Å². The van der Waals surface area contributed by atoms with Gasteiger partial charge in [0.25, 0.3) is 0 Å². The Morgan fingerprint density at radius 3 is 2.78 bits per heavy atom. The number of esters is 1. The summed E-state index contributed by atoms with van der Waals surface area (Å²) in [6.45, 7) is 1.10. The predicted octanol–water partition coefficient (Wildman–Crippen LogP) is 2.72. The quantitative estimate of drug-likeness (QED) is 0.684. The van der Waals surface area contributed by atoms with Crippen LogP contribution in [0.5, 0.6) is 11.5 Å². The number of hydrogen-bond acceptors (Lipinski definition) is 5. The standard InChI is InChI=1S/C21H20N2O4/c1-25-21(24)16-11-14-13-4-2-3-5-15(13)22-20(14)19(23-16)12-6-7-17-18(10-12)27-9-8-26-17/h2-7,10,16,19,22-23H,8-9,11H2,1H3/t16-,19-/m0/s1. The van der Waals surface area contributed by atoms with E-state index >= 15 is 0 Å². The van der Waals surface area contributed by atoms with Crippen molar-refractivity contribution in [3.63, 3.8) is 0 Å². The second-order valence-electron chi connectivity index (χ2n) is 6.85. The molecule has 3 heterocycles. The van der Waals surface area contributed by atoms with Gasteiger partial charge in [-0.25, -0.2) is 0 Å². The fraction of sp³-hybridized carbons (Fsp3) is 0.286. The second kappa shape index (κ2) is 6.32. The number of carbonyl (C=O) groups is 1. The average Bonchev–Trinajstić information content (AvgIpc) is 3.11. The highest BCUT2D eigenvalue weighted by atomic mass is 16.6. The SMILES string of the molecule is COC(=O)[C@@H]1Cc2c([nH]c3ccccc23)[C@H](c2ccc3c(c2)OCCO3)N1. The number of para-hydroxylation sites is 1. The van der Waals surface area contributed by atoms with Gasteiger partial charge in [-0.1, -0.05) is 24.3 Å². The first kappa shape index (κ1) is 16.2. The Morgan fingerprint density at radius 1 is 1.11 bits per heavy atom. The van der Waals surface area contributed by atoms with Gasteiger partial charge in [-0.15, -0.1) is 0 Å². The molecule has 5 rings (SSSR count). The van der Waals surface area contributed by atoms with E-state index in [9.17, 15) is 4.79 Å². The fourth-order valence-electron chi connectivity index (χ4n) is 4.03. The van der Waals surface area contributed by atoms with Crippen LogP contribution in [-0.4, -0.2) is 37.3 Å². The molecule has 0 aliphatic carbocycles. The number of aromatic nitrogens is 1. The molecule has 2 N–H and O–H groups in total. The smallest absolute Gasteiger partial charge is 0.323 e. The number of methoxy groups -OCH3 is 1. The molecule has 27 heavy (non-hydrogen) atoms. The maximum Gasteiger partial charge on any atom is 0.323 e.